The van der Waals surface area contributed by atoms with Crippen molar-refractivity contribution in [3.05, 3.63) is 23.2 Å². The van der Waals surface area contributed by atoms with Gasteiger partial charge < -0.3 is 5.73 Å². The first-order chi connectivity index (χ1) is 7.86. The smallest absolute Gasteiger partial charge is 0.242 e. The summed E-state index contributed by atoms with van der Waals surface area (Å²) < 4.78 is 26.6. The van der Waals surface area contributed by atoms with E-state index >= 15 is 0 Å². The van der Waals surface area contributed by atoms with Gasteiger partial charge in [0.15, 0.2) is 0 Å². The van der Waals surface area contributed by atoms with Gasteiger partial charge in [-0.3, -0.25) is 0 Å². The molecule has 96 valence electrons. The number of hydrogen-bond donors (Lipinski definition) is 2. The van der Waals surface area contributed by atoms with Crippen molar-refractivity contribution in [1.29, 1.82) is 0 Å². The summed E-state index contributed by atoms with van der Waals surface area (Å²) in [6.45, 7) is 1.80. The summed E-state index contributed by atoms with van der Waals surface area (Å²) in [4.78, 5) is 0.0205. The van der Waals surface area contributed by atoms with Crippen LogP contribution in [-0.2, 0) is 10.0 Å². The van der Waals surface area contributed by atoms with Gasteiger partial charge in [-0.1, -0.05) is 11.6 Å². The zero-order chi connectivity index (χ0) is 13.1. The maximum Gasteiger partial charge on any atom is 0.242 e. The van der Waals surface area contributed by atoms with Gasteiger partial charge in [-0.15, -0.1) is 0 Å². The number of hydrogen-bond acceptors (Lipinski definition) is 4. The minimum atomic E-state index is -3.61. The minimum absolute atomic E-state index is 0.0205. The first-order valence-electron chi connectivity index (χ1n) is 4.93. The molecule has 7 heteroatoms. The molecule has 0 aliphatic rings. The van der Waals surface area contributed by atoms with Crippen molar-refractivity contribution >= 4 is 39.1 Å². The van der Waals surface area contributed by atoms with Crippen molar-refractivity contribution in [2.24, 2.45) is 0 Å². The summed E-state index contributed by atoms with van der Waals surface area (Å²) in [6.07, 6.45) is 1.91. The zero-order valence-electron chi connectivity index (χ0n) is 9.60. The summed E-state index contributed by atoms with van der Waals surface area (Å²) in [5.41, 5.74) is 5.93. The number of thioether (sulfide) groups is 1. The molecule has 0 amide bonds. The number of halogens is 1. The van der Waals surface area contributed by atoms with Crippen LogP contribution in [0.4, 0.5) is 5.69 Å². The minimum Gasteiger partial charge on any atom is -0.399 e. The number of nitrogens with two attached hydrogens (primary N) is 1. The highest BCUT2D eigenvalue weighted by molar-refractivity contribution is 7.98. The van der Waals surface area contributed by atoms with Crippen molar-refractivity contribution in [2.45, 2.75) is 17.9 Å². The lowest BCUT2D eigenvalue weighted by Crippen LogP contribution is -2.34. The summed E-state index contributed by atoms with van der Waals surface area (Å²) in [7, 11) is -3.61. The molecule has 0 radical (unpaired) electrons. The van der Waals surface area contributed by atoms with Crippen molar-refractivity contribution in [3.8, 4) is 0 Å². The van der Waals surface area contributed by atoms with Gasteiger partial charge in [0.2, 0.25) is 10.0 Å². The summed E-state index contributed by atoms with van der Waals surface area (Å²) >= 11 is 7.43. The number of anilines is 1. The van der Waals surface area contributed by atoms with Crippen LogP contribution in [0, 0.1) is 0 Å². The molecular weight excluding hydrogens is 280 g/mol. The number of benzene rings is 1. The molecule has 0 heterocycles. The fraction of sp³-hybridized carbons (Fsp3) is 0.400. The normalized spacial score (nSPS) is 13.6. The monoisotopic (exact) mass is 294 g/mol. The number of nitrogens with one attached hydrogen (secondary N) is 1. The topological polar surface area (TPSA) is 72.2 Å². The molecule has 0 bridgehead atoms. The van der Waals surface area contributed by atoms with Crippen LogP contribution in [0.2, 0.25) is 5.02 Å². The van der Waals surface area contributed by atoms with Crippen LogP contribution in [0.15, 0.2) is 23.1 Å². The third kappa shape index (κ3) is 4.06. The predicted octanol–water partition coefficient (Wildman–Crippen LogP) is 1.95. The molecule has 0 aromatic heterocycles. The van der Waals surface area contributed by atoms with Gasteiger partial charge in [0.25, 0.3) is 0 Å². The van der Waals surface area contributed by atoms with E-state index in [1.807, 2.05) is 6.26 Å². The Morgan fingerprint density at radius 3 is 2.76 bits per heavy atom. The number of nitrogen functional groups attached to an aromatic ring is 1. The van der Waals surface area contributed by atoms with Gasteiger partial charge in [0.05, 0.1) is 5.02 Å². The van der Waals surface area contributed by atoms with Crippen molar-refractivity contribution in [2.75, 3.05) is 17.7 Å². The molecule has 0 fully saturated rings. The molecule has 0 saturated heterocycles. The van der Waals surface area contributed by atoms with Crippen LogP contribution in [-0.4, -0.2) is 26.5 Å². The fourth-order valence-corrected chi connectivity index (χ4v) is 3.81. The van der Waals surface area contributed by atoms with Crippen LogP contribution >= 0.6 is 23.4 Å². The fourth-order valence-electron chi connectivity index (χ4n) is 1.34. The second kappa shape index (κ2) is 5.95. The highest BCUT2D eigenvalue weighted by Gasteiger charge is 2.20. The Balaban J connectivity index is 3.01. The molecule has 0 aliphatic carbocycles. The van der Waals surface area contributed by atoms with Gasteiger partial charge in [0.1, 0.15) is 4.90 Å². The predicted molar refractivity (Wildman–Crippen MR) is 74.0 cm³/mol. The Bertz CT molecular complexity index is 491. The SMILES string of the molecule is CSCC(C)NS(=O)(=O)c1cc(N)ccc1Cl. The molecule has 0 spiro atoms. The van der Waals surface area contributed by atoms with E-state index in [0.29, 0.717) is 11.4 Å². The molecule has 1 rings (SSSR count). The molecule has 4 nitrogen and oxygen atoms in total. The van der Waals surface area contributed by atoms with E-state index < -0.39 is 10.0 Å². The largest absolute Gasteiger partial charge is 0.399 e. The van der Waals surface area contributed by atoms with E-state index in [9.17, 15) is 8.42 Å². The number of rotatable bonds is 5. The van der Waals surface area contributed by atoms with Crippen LogP contribution in [0.3, 0.4) is 0 Å². The van der Waals surface area contributed by atoms with E-state index in [0.717, 1.165) is 0 Å². The lowest BCUT2D eigenvalue weighted by atomic mass is 10.3. The first kappa shape index (κ1) is 14.6. The second-order valence-electron chi connectivity index (χ2n) is 3.67. The Kier molecular flexibility index (Phi) is 5.12. The van der Waals surface area contributed by atoms with Gasteiger partial charge >= 0.3 is 0 Å². The molecule has 0 aliphatic heterocycles. The summed E-state index contributed by atoms with van der Waals surface area (Å²) in [6, 6.07) is 4.24. The maximum atomic E-state index is 12.0. The maximum absolute atomic E-state index is 12.0. The van der Waals surface area contributed by atoms with Crippen molar-refractivity contribution in [1.82, 2.24) is 4.72 Å². The average Bonchev–Trinajstić information content (AvgIpc) is 2.21. The highest BCUT2D eigenvalue weighted by Crippen LogP contribution is 2.23. The molecule has 1 atom stereocenters. The van der Waals surface area contributed by atoms with E-state index in [-0.39, 0.29) is 16.0 Å². The third-order valence-corrected chi connectivity index (χ3v) is 4.92. The third-order valence-electron chi connectivity index (χ3n) is 2.02. The van der Waals surface area contributed by atoms with Crippen molar-refractivity contribution in [3.63, 3.8) is 0 Å². The second-order valence-corrected chi connectivity index (χ2v) is 6.67. The Morgan fingerprint density at radius 1 is 1.53 bits per heavy atom. The molecule has 3 N–H and O–H groups in total. The summed E-state index contributed by atoms with van der Waals surface area (Å²) in [5.74, 6) is 0.694. The van der Waals surface area contributed by atoms with E-state index in [4.69, 9.17) is 17.3 Å². The lowest BCUT2D eigenvalue weighted by Gasteiger charge is -2.14. The van der Waals surface area contributed by atoms with E-state index in [2.05, 4.69) is 4.72 Å². The molecule has 17 heavy (non-hydrogen) atoms. The van der Waals surface area contributed by atoms with Gasteiger partial charge in [-0.2, -0.15) is 11.8 Å². The van der Waals surface area contributed by atoms with Crippen LogP contribution in [0.5, 0.6) is 0 Å². The molecule has 1 aromatic rings. The molecular formula is C10H15ClN2O2S2. The Labute approximate surface area is 111 Å². The molecule has 1 aromatic carbocycles. The summed E-state index contributed by atoms with van der Waals surface area (Å²) in [5, 5.41) is 0.169. The molecule has 1 unspecified atom stereocenters. The van der Waals surface area contributed by atoms with E-state index in [1.54, 1.807) is 24.8 Å². The zero-order valence-corrected chi connectivity index (χ0v) is 12.0. The lowest BCUT2D eigenvalue weighted by molar-refractivity contribution is 0.571. The Hall–Kier alpha value is -0.430. The van der Waals surface area contributed by atoms with Crippen LogP contribution < -0.4 is 10.5 Å². The van der Waals surface area contributed by atoms with Gasteiger partial charge in [0, 0.05) is 17.5 Å². The van der Waals surface area contributed by atoms with Crippen LogP contribution in [0.25, 0.3) is 0 Å². The Morgan fingerprint density at radius 2 is 2.18 bits per heavy atom. The molecule has 0 saturated carbocycles. The number of sulfonamides is 1. The quantitative estimate of drug-likeness (QED) is 0.814. The average molecular weight is 295 g/mol. The van der Waals surface area contributed by atoms with Gasteiger partial charge in [-0.05, 0) is 31.4 Å². The van der Waals surface area contributed by atoms with Crippen LogP contribution in [0.1, 0.15) is 6.92 Å². The van der Waals surface area contributed by atoms with Crippen molar-refractivity contribution < 1.29 is 8.42 Å². The standard InChI is InChI=1S/C10H15ClN2O2S2/c1-7(6-16-2)13-17(14,15)10-5-8(12)3-4-9(10)11/h3-5,7,13H,6,12H2,1-2H3. The van der Waals surface area contributed by atoms with E-state index in [1.165, 1.54) is 12.1 Å². The first-order valence-corrected chi connectivity index (χ1v) is 8.18. The highest BCUT2D eigenvalue weighted by atomic mass is 35.5. The van der Waals surface area contributed by atoms with Gasteiger partial charge in [-0.25, -0.2) is 13.1 Å².